The predicted octanol–water partition coefficient (Wildman–Crippen LogP) is 4.37. The average molecular weight is 326 g/mol. The lowest BCUT2D eigenvalue weighted by atomic mass is 10.1. The van der Waals surface area contributed by atoms with Crippen molar-refractivity contribution in [3.05, 3.63) is 47.3 Å². The molecule has 0 aliphatic carbocycles. The van der Waals surface area contributed by atoms with Crippen LogP contribution in [0.25, 0.3) is 0 Å². The van der Waals surface area contributed by atoms with Gasteiger partial charge in [0, 0.05) is 18.3 Å². The van der Waals surface area contributed by atoms with Crippen molar-refractivity contribution in [1.82, 2.24) is 14.7 Å². The van der Waals surface area contributed by atoms with Crippen LogP contribution in [0.4, 0.5) is 5.69 Å². The first-order chi connectivity index (χ1) is 11.6. The molecule has 1 aromatic carbocycles. The molecule has 0 saturated carbocycles. The second-order valence-corrected chi connectivity index (χ2v) is 7.21. The molecule has 24 heavy (non-hydrogen) atoms. The van der Waals surface area contributed by atoms with Crippen LogP contribution in [-0.2, 0) is 13.1 Å². The van der Waals surface area contributed by atoms with Crippen LogP contribution in [0.2, 0.25) is 0 Å². The molecule has 0 spiro atoms. The molecule has 1 saturated heterocycles. The van der Waals surface area contributed by atoms with Gasteiger partial charge in [-0.2, -0.15) is 5.10 Å². The van der Waals surface area contributed by atoms with Crippen LogP contribution in [0.5, 0.6) is 0 Å². The number of anilines is 1. The van der Waals surface area contributed by atoms with Crippen LogP contribution in [0, 0.1) is 6.92 Å². The van der Waals surface area contributed by atoms with Gasteiger partial charge in [-0.15, -0.1) is 0 Å². The third-order valence-electron chi connectivity index (χ3n) is 4.68. The summed E-state index contributed by atoms with van der Waals surface area (Å²) in [5, 5.41) is 8.16. The molecule has 1 fully saturated rings. The van der Waals surface area contributed by atoms with E-state index < -0.39 is 0 Å². The summed E-state index contributed by atoms with van der Waals surface area (Å²) >= 11 is 0. The number of nitrogens with one attached hydrogen (secondary N) is 1. The molecule has 0 bridgehead atoms. The Bertz CT molecular complexity index is 653. The van der Waals surface area contributed by atoms with Crippen molar-refractivity contribution >= 4 is 5.69 Å². The van der Waals surface area contributed by atoms with E-state index in [-0.39, 0.29) is 0 Å². The number of piperidine rings is 1. The molecule has 0 radical (unpaired) electrons. The fourth-order valence-corrected chi connectivity index (χ4v) is 3.50. The Kier molecular flexibility index (Phi) is 5.56. The van der Waals surface area contributed by atoms with Crippen LogP contribution in [0.1, 0.15) is 56.1 Å². The Hall–Kier alpha value is -1.81. The number of nitrogens with zero attached hydrogens (tertiary/aromatic N) is 3. The topological polar surface area (TPSA) is 33.1 Å². The number of likely N-dealkylation sites (tertiary alicyclic amines) is 1. The van der Waals surface area contributed by atoms with E-state index >= 15 is 0 Å². The van der Waals surface area contributed by atoms with Crippen LogP contribution >= 0.6 is 0 Å². The molecule has 1 aromatic heterocycles. The van der Waals surface area contributed by atoms with Crippen molar-refractivity contribution in [3.8, 4) is 0 Å². The highest BCUT2D eigenvalue weighted by molar-refractivity contribution is 5.46. The number of benzene rings is 1. The Balaban J connectivity index is 1.62. The summed E-state index contributed by atoms with van der Waals surface area (Å²) < 4.78 is 2.11. The lowest BCUT2D eigenvalue weighted by molar-refractivity contribution is 0.221. The molecular weight excluding hydrogens is 296 g/mol. The van der Waals surface area contributed by atoms with Gasteiger partial charge in [-0.3, -0.25) is 9.58 Å². The Morgan fingerprint density at radius 3 is 2.67 bits per heavy atom. The van der Waals surface area contributed by atoms with Crippen molar-refractivity contribution in [2.75, 3.05) is 18.4 Å². The van der Waals surface area contributed by atoms with Gasteiger partial charge in [0.2, 0.25) is 0 Å². The third-order valence-corrected chi connectivity index (χ3v) is 4.68. The molecule has 0 unspecified atom stereocenters. The Morgan fingerprint density at radius 1 is 1.12 bits per heavy atom. The zero-order chi connectivity index (χ0) is 16.9. The second-order valence-electron chi connectivity index (χ2n) is 7.21. The van der Waals surface area contributed by atoms with Gasteiger partial charge in [-0.1, -0.05) is 18.6 Å². The summed E-state index contributed by atoms with van der Waals surface area (Å²) in [5.74, 6) is 0. The fraction of sp³-hybridized carbons (Fsp3) is 0.550. The number of rotatable bonds is 6. The Morgan fingerprint density at radius 2 is 1.92 bits per heavy atom. The average Bonchev–Trinajstić information content (AvgIpc) is 2.95. The van der Waals surface area contributed by atoms with Crippen molar-refractivity contribution < 1.29 is 0 Å². The molecule has 0 atom stereocenters. The van der Waals surface area contributed by atoms with Crippen LogP contribution in [0.15, 0.2) is 30.3 Å². The minimum Gasteiger partial charge on any atom is -0.379 e. The lowest BCUT2D eigenvalue weighted by Crippen LogP contribution is -2.29. The standard InChI is InChI=1S/C20H30N4/c1-16(2)24-20(12-17(3)22-24)14-21-19-9-7-8-18(13-19)15-23-10-5-4-6-11-23/h7-9,12-13,16,21H,4-6,10-11,14-15H2,1-3H3. The normalized spacial score (nSPS) is 15.8. The maximum atomic E-state index is 4.59. The molecule has 1 aliphatic heterocycles. The van der Waals surface area contributed by atoms with Gasteiger partial charge < -0.3 is 5.32 Å². The van der Waals surface area contributed by atoms with Gasteiger partial charge in [0.15, 0.2) is 0 Å². The first-order valence-corrected chi connectivity index (χ1v) is 9.22. The van der Waals surface area contributed by atoms with E-state index in [1.807, 2.05) is 0 Å². The number of aromatic nitrogens is 2. The first kappa shape index (κ1) is 17.0. The van der Waals surface area contributed by atoms with E-state index in [1.54, 1.807) is 0 Å². The molecule has 4 nitrogen and oxygen atoms in total. The van der Waals surface area contributed by atoms with E-state index in [1.165, 1.54) is 49.3 Å². The van der Waals surface area contributed by atoms with E-state index in [0.717, 1.165) is 18.8 Å². The molecular formula is C20H30N4. The molecule has 1 N–H and O–H groups in total. The smallest absolute Gasteiger partial charge is 0.0597 e. The van der Waals surface area contributed by atoms with Gasteiger partial charge in [-0.05, 0) is 70.5 Å². The van der Waals surface area contributed by atoms with Crippen LogP contribution in [0.3, 0.4) is 0 Å². The molecule has 2 heterocycles. The van der Waals surface area contributed by atoms with Crippen molar-refractivity contribution in [2.45, 2.75) is 59.2 Å². The SMILES string of the molecule is Cc1cc(CNc2cccc(CN3CCCCC3)c2)n(C(C)C)n1. The highest BCUT2D eigenvalue weighted by Gasteiger charge is 2.11. The van der Waals surface area contributed by atoms with Crippen LogP contribution < -0.4 is 5.32 Å². The predicted molar refractivity (Wildman–Crippen MR) is 100 cm³/mol. The zero-order valence-corrected chi connectivity index (χ0v) is 15.3. The zero-order valence-electron chi connectivity index (χ0n) is 15.3. The number of hydrogen-bond donors (Lipinski definition) is 1. The minimum absolute atomic E-state index is 0.390. The summed E-state index contributed by atoms with van der Waals surface area (Å²) in [5.41, 5.74) is 4.91. The van der Waals surface area contributed by atoms with Crippen molar-refractivity contribution in [3.63, 3.8) is 0 Å². The van der Waals surface area contributed by atoms with Gasteiger partial charge >= 0.3 is 0 Å². The summed E-state index contributed by atoms with van der Waals surface area (Å²) in [6.07, 6.45) is 4.08. The monoisotopic (exact) mass is 326 g/mol. The lowest BCUT2D eigenvalue weighted by Gasteiger charge is -2.26. The molecule has 3 rings (SSSR count). The van der Waals surface area contributed by atoms with E-state index in [4.69, 9.17) is 0 Å². The third kappa shape index (κ3) is 4.38. The number of hydrogen-bond acceptors (Lipinski definition) is 3. The quantitative estimate of drug-likeness (QED) is 0.855. The first-order valence-electron chi connectivity index (χ1n) is 9.22. The highest BCUT2D eigenvalue weighted by atomic mass is 15.3. The molecule has 1 aliphatic rings. The van der Waals surface area contributed by atoms with Gasteiger partial charge in [0.25, 0.3) is 0 Å². The summed E-state index contributed by atoms with van der Waals surface area (Å²) in [7, 11) is 0. The molecule has 0 amide bonds. The van der Waals surface area contributed by atoms with E-state index in [9.17, 15) is 0 Å². The summed E-state index contributed by atoms with van der Waals surface area (Å²) in [6.45, 7) is 10.8. The van der Waals surface area contributed by atoms with E-state index in [0.29, 0.717) is 6.04 Å². The van der Waals surface area contributed by atoms with Crippen LogP contribution in [-0.4, -0.2) is 27.8 Å². The second kappa shape index (κ2) is 7.84. The van der Waals surface area contributed by atoms with Gasteiger partial charge in [0.1, 0.15) is 0 Å². The van der Waals surface area contributed by atoms with Crippen molar-refractivity contribution in [1.29, 1.82) is 0 Å². The molecule has 4 heteroatoms. The molecule has 130 valence electrons. The van der Waals surface area contributed by atoms with Crippen molar-refractivity contribution in [2.24, 2.45) is 0 Å². The van der Waals surface area contributed by atoms with Gasteiger partial charge in [0.05, 0.1) is 17.9 Å². The molecule has 2 aromatic rings. The van der Waals surface area contributed by atoms with Gasteiger partial charge in [-0.25, -0.2) is 0 Å². The van der Waals surface area contributed by atoms with E-state index in [2.05, 4.69) is 71.1 Å². The highest BCUT2D eigenvalue weighted by Crippen LogP contribution is 2.18. The Labute approximate surface area is 145 Å². The fourth-order valence-electron chi connectivity index (χ4n) is 3.50. The number of aryl methyl sites for hydroxylation is 1. The largest absolute Gasteiger partial charge is 0.379 e. The minimum atomic E-state index is 0.390. The maximum absolute atomic E-state index is 4.59. The summed E-state index contributed by atoms with van der Waals surface area (Å²) in [4.78, 5) is 2.57. The maximum Gasteiger partial charge on any atom is 0.0597 e. The summed E-state index contributed by atoms with van der Waals surface area (Å²) in [6, 6.07) is 11.4.